The number of hydrogen-bond donors (Lipinski definition) is 3. The van der Waals surface area contributed by atoms with Gasteiger partial charge in [-0.15, -0.1) is 0 Å². The molecule has 1 fully saturated rings. The molecule has 3 amide bonds. The SMILES string of the molecule is Cc1cc(Cl)ccc1NC(=O)Nc1ccc(F)c([C@H]2N(CCO)C(=O)CC2(C)C)c1. The fourth-order valence-corrected chi connectivity index (χ4v) is 4.21. The van der Waals surface area contributed by atoms with Gasteiger partial charge in [0.15, 0.2) is 0 Å². The molecule has 0 aliphatic carbocycles. The van der Waals surface area contributed by atoms with Crippen LogP contribution in [-0.4, -0.2) is 35.1 Å². The zero-order valence-electron chi connectivity index (χ0n) is 17.1. The minimum atomic E-state index is -0.541. The van der Waals surface area contributed by atoms with Crippen LogP contribution in [0.4, 0.5) is 20.6 Å². The molecule has 1 aliphatic heterocycles. The van der Waals surface area contributed by atoms with E-state index in [0.717, 1.165) is 5.56 Å². The van der Waals surface area contributed by atoms with E-state index in [9.17, 15) is 19.1 Å². The number of anilines is 2. The van der Waals surface area contributed by atoms with E-state index in [1.54, 1.807) is 24.3 Å². The van der Waals surface area contributed by atoms with Gasteiger partial charge in [-0.25, -0.2) is 9.18 Å². The normalized spacial score (nSPS) is 17.9. The Morgan fingerprint density at radius 1 is 1.27 bits per heavy atom. The smallest absolute Gasteiger partial charge is 0.323 e. The molecule has 1 saturated heterocycles. The maximum atomic E-state index is 14.7. The van der Waals surface area contributed by atoms with Crippen LogP contribution in [0.25, 0.3) is 0 Å². The summed E-state index contributed by atoms with van der Waals surface area (Å²) in [7, 11) is 0. The van der Waals surface area contributed by atoms with Gasteiger partial charge in [-0.2, -0.15) is 0 Å². The van der Waals surface area contributed by atoms with Crippen molar-refractivity contribution >= 4 is 34.9 Å². The van der Waals surface area contributed by atoms with Gasteiger partial charge in [-0.3, -0.25) is 4.79 Å². The first-order valence-corrected chi connectivity index (χ1v) is 10.0. The van der Waals surface area contributed by atoms with Gasteiger partial charge in [0.1, 0.15) is 5.82 Å². The second kappa shape index (κ2) is 8.62. The second-order valence-corrected chi connectivity index (χ2v) is 8.59. The number of rotatable bonds is 5. The first kappa shape index (κ1) is 22.1. The van der Waals surface area contributed by atoms with Crippen LogP contribution >= 0.6 is 11.6 Å². The van der Waals surface area contributed by atoms with E-state index in [1.165, 1.54) is 17.0 Å². The number of aliphatic hydroxyl groups is 1. The van der Waals surface area contributed by atoms with Crippen molar-refractivity contribution in [1.29, 1.82) is 0 Å². The van der Waals surface area contributed by atoms with Crippen molar-refractivity contribution in [2.24, 2.45) is 5.41 Å². The van der Waals surface area contributed by atoms with E-state index in [2.05, 4.69) is 10.6 Å². The van der Waals surface area contributed by atoms with Crippen molar-refractivity contribution in [3.63, 3.8) is 0 Å². The Bertz CT molecular complexity index is 980. The van der Waals surface area contributed by atoms with Gasteiger partial charge in [0.05, 0.1) is 12.6 Å². The number of aliphatic hydroxyl groups excluding tert-OH is 1. The molecule has 0 aromatic heterocycles. The molecule has 8 heteroatoms. The van der Waals surface area contributed by atoms with E-state index < -0.39 is 23.3 Å². The van der Waals surface area contributed by atoms with Gasteiger partial charge < -0.3 is 20.6 Å². The minimum absolute atomic E-state index is 0.125. The average molecular weight is 434 g/mol. The number of amides is 3. The van der Waals surface area contributed by atoms with E-state index in [4.69, 9.17) is 11.6 Å². The zero-order chi connectivity index (χ0) is 22.1. The van der Waals surface area contributed by atoms with Crippen LogP contribution in [-0.2, 0) is 4.79 Å². The Labute approximate surface area is 180 Å². The fourth-order valence-electron chi connectivity index (χ4n) is 3.99. The summed E-state index contributed by atoms with van der Waals surface area (Å²) in [6.45, 7) is 5.53. The summed E-state index contributed by atoms with van der Waals surface area (Å²) in [6, 6.07) is 8.37. The molecule has 30 heavy (non-hydrogen) atoms. The lowest BCUT2D eigenvalue weighted by Gasteiger charge is -2.33. The molecule has 160 valence electrons. The predicted octanol–water partition coefficient (Wildman–Crippen LogP) is 4.72. The van der Waals surface area contributed by atoms with Crippen molar-refractivity contribution in [2.75, 3.05) is 23.8 Å². The average Bonchev–Trinajstić information content (AvgIpc) is 2.87. The van der Waals surface area contributed by atoms with Crippen molar-refractivity contribution in [2.45, 2.75) is 33.2 Å². The van der Waals surface area contributed by atoms with Gasteiger partial charge in [0.25, 0.3) is 0 Å². The summed E-state index contributed by atoms with van der Waals surface area (Å²) >= 11 is 5.94. The largest absolute Gasteiger partial charge is 0.395 e. The third-order valence-electron chi connectivity index (χ3n) is 5.31. The van der Waals surface area contributed by atoms with Crippen LogP contribution in [0.2, 0.25) is 5.02 Å². The molecule has 0 unspecified atom stereocenters. The Hall–Kier alpha value is -2.64. The number of carbonyl (C=O) groups excluding carboxylic acids is 2. The van der Waals surface area contributed by atoms with Gasteiger partial charge >= 0.3 is 6.03 Å². The summed E-state index contributed by atoms with van der Waals surface area (Å²) in [5.74, 6) is -0.599. The molecule has 0 bridgehead atoms. The quantitative estimate of drug-likeness (QED) is 0.637. The number of urea groups is 1. The summed E-state index contributed by atoms with van der Waals surface area (Å²) in [5, 5.41) is 15.4. The highest BCUT2D eigenvalue weighted by Gasteiger charge is 2.47. The number of aryl methyl sites for hydroxylation is 1. The van der Waals surface area contributed by atoms with E-state index in [1.807, 2.05) is 20.8 Å². The van der Waals surface area contributed by atoms with E-state index >= 15 is 0 Å². The molecule has 0 radical (unpaired) electrons. The topological polar surface area (TPSA) is 81.7 Å². The molecular weight excluding hydrogens is 409 g/mol. The van der Waals surface area contributed by atoms with Crippen LogP contribution in [0, 0.1) is 18.2 Å². The number of carbonyl (C=O) groups is 2. The highest BCUT2D eigenvalue weighted by molar-refractivity contribution is 6.30. The van der Waals surface area contributed by atoms with Gasteiger partial charge in [0.2, 0.25) is 5.91 Å². The molecule has 2 aromatic carbocycles. The van der Waals surface area contributed by atoms with Crippen LogP contribution in [0.15, 0.2) is 36.4 Å². The van der Waals surface area contributed by atoms with Gasteiger partial charge in [-0.05, 0) is 54.3 Å². The van der Waals surface area contributed by atoms with Crippen molar-refractivity contribution in [3.8, 4) is 0 Å². The zero-order valence-corrected chi connectivity index (χ0v) is 17.9. The maximum Gasteiger partial charge on any atom is 0.323 e. The predicted molar refractivity (Wildman–Crippen MR) is 115 cm³/mol. The first-order chi connectivity index (χ1) is 14.1. The lowest BCUT2D eigenvalue weighted by molar-refractivity contribution is -0.129. The number of likely N-dealkylation sites (tertiary alicyclic amines) is 1. The molecule has 1 aliphatic rings. The summed E-state index contributed by atoms with van der Waals surface area (Å²) < 4.78 is 14.7. The van der Waals surface area contributed by atoms with Gasteiger partial charge in [0, 0.05) is 34.9 Å². The van der Waals surface area contributed by atoms with Gasteiger partial charge in [-0.1, -0.05) is 25.4 Å². The third-order valence-corrected chi connectivity index (χ3v) is 5.54. The number of halogens is 2. The van der Waals surface area contributed by atoms with E-state index in [-0.39, 0.29) is 25.5 Å². The highest BCUT2D eigenvalue weighted by Crippen LogP contribution is 2.48. The number of β-amino-alcohol motifs (C(OH)–C–C–N with tert-alkyl or cyclic N) is 1. The molecule has 2 aromatic rings. The monoisotopic (exact) mass is 433 g/mol. The molecular formula is C22H25ClFN3O3. The number of hydrogen-bond acceptors (Lipinski definition) is 3. The molecule has 3 N–H and O–H groups in total. The van der Waals surface area contributed by atoms with Crippen molar-refractivity contribution in [3.05, 3.63) is 58.4 Å². The molecule has 6 nitrogen and oxygen atoms in total. The summed E-state index contributed by atoms with van der Waals surface area (Å²) in [6.07, 6.45) is 0.255. The Balaban J connectivity index is 1.84. The Morgan fingerprint density at radius 3 is 2.67 bits per heavy atom. The number of benzene rings is 2. The van der Waals surface area contributed by atoms with Crippen LogP contribution in [0.3, 0.4) is 0 Å². The first-order valence-electron chi connectivity index (χ1n) is 9.66. The minimum Gasteiger partial charge on any atom is -0.395 e. The molecule has 1 atom stereocenters. The van der Waals surface area contributed by atoms with Crippen molar-refractivity contribution in [1.82, 2.24) is 4.90 Å². The van der Waals surface area contributed by atoms with Crippen molar-refractivity contribution < 1.29 is 19.1 Å². The Kier molecular flexibility index (Phi) is 6.33. The third kappa shape index (κ3) is 4.57. The molecule has 0 spiro atoms. The second-order valence-electron chi connectivity index (χ2n) is 8.15. The lowest BCUT2D eigenvalue weighted by atomic mass is 9.80. The number of nitrogens with one attached hydrogen (secondary N) is 2. The van der Waals surface area contributed by atoms with Crippen LogP contribution < -0.4 is 10.6 Å². The molecule has 3 rings (SSSR count). The van der Waals surface area contributed by atoms with E-state index in [0.29, 0.717) is 22.0 Å². The lowest BCUT2D eigenvalue weighted by Crippen LogP contribution is -2.34. The summed E-state index contributed by atoms with van der Waals surface area (Å²) in [5.41, 5.74) is 1.60. The number of nitrogens with zero attached hydrogens (tertiary/aromatic N) is 1. The summed E-state index contributed by atoms with van der Waals surface area (Å²) in [4.78, 5) is 26.3. The molecule has 1 heterocycles. The standard InChI is InChI=1S/C22H25ClFN3O3/c1-13-10-14(23)4-7-18(13)26-21(30)25-15-5-6-17(24)16(11-15)20-22(2,3)12-19(29)27(20)8-9-28/h4-7,10-11,20,28H,8-9,12H2,1-3H3,(H2,25,26,30)/t20-/m1/s1. The Morgan fingerprint density at radius 2 is 2.00 bits per heavy atom. The fraction of sp³-hybridized carbons (Fsp3) is 0.364. The van der Waals surface area contributed by atoms with Crippen LogP contribution in [0.5, 0.6) is 0 Å². The molecule has 0 saturated carbocycles. The maximum absolute atomic E-state index is 14.7. The highest BCUT2D eigenvalue weighted by atomic mass is 35.5. The van der Waals surface area contributed by atoms with Crippen LogP contribution in [0.1, 0.15) is 37.4 Å².